The third-order valence-corrected chi connectivity index (χ3v) is 5.23. The highest BCUT2D eigenvalue weighted by molar-refractivity contribution is 5.94. The van der Waals surface area contributed by atoms with Crippen LogP contribution in [0.5, 0.6) is 0 Å². The molecule has 0 saturated heterocycles. The summed E-state index contributed by atoms with van der Waals surface area (Å²) < 4.78 is 0. The van der Waals surface area contributed by atoms with Crippen LogP contribution in [0.1, 0.15) is 22.0 Å². The Labute approximate surface area is 173 Å². The van der Waals surface area contributed by atoms with Gasteiger partial charge in [-0.15, -0.1) is 0 Å². The quantitative estimate of drug-likeness (QED) is 0.653. The first kappa shape index (κ1) is 20.6. The number of quaternary nitrogens is 1. The molecule has 4 heteroatoms. The fraction of sp³-hybridized carbons (Fsp3) is 0.240. The number of benzene rings is 3. The summed E-state index contributed by atoms with van der Waals surface area (Å²) in [7, 11) is 8.30. The largest absolute Gasteiger partial charge is 0.378 e. The van der Waals surface area contributed by atoms with E-state index in [4.69, 9.17) is 0 Å². The zero-order valence-electron chi connectivity index (χ0n) is 17.6. The molecular weight excluding hydrogens is 358 g/mol. The number of hydrogen-bond acceptors (Lipinski definition) is 2. The normalized spacial score (nSPS) is 11.9. The van der Waals surface area contributed by atoms with Crippen molar-refractivity contribution in [1.29, 1.82) is 0 Å². The van der Waals surface area contributed by atoms with Gasteiger partial charge >= 0.3 is 0 Å². The van der Waals surface area contributed by atoms with E-state index in [1.807, 2.05) is 56.6 Å². The Hall–Kier alpha value is -3.11. The average molecular weight is 389 g/mol. The van der Waals surface area contributed by atoms with Gasteiger partial charge in [0.15, 0.2) is 0 Å². The van der Waals surface area contributed by atoms with E-state index in [2.05, 4.69) is 60.7 Å². The van der Waals surface area contributed by atoms with E-state index >= 15 is 0 Å². The molecule has 0 spiro atoms. The molecule has 0 aliphatic carbocycles. The first-order chi connectivity index (χ1) is 14.0. The van der Waals surface area contributed by atoms with Crippen molar-refractivity contribution in [1.82, 2.24) is 5.32 Å². The molecule has 0 aliphatic heterocycles. The van der Waals surface area contributed by atoms with Crippen molar-refractivity contribution >= 4 is 11.6 Å². The molecule has 3 rings (SSSR count). The summed E-state index contributed by atoms with van der Waals surface area (Å²) >= 11 is 0. The molecule has 1 atom stereocenters. The molecule has 4 nitrogen and oxygen atoms in total. The lowest BCUT2D eigenvalue weighted by atomic mass is 10.0. The van der Waals surface area contributed by atoms with Gasteiger partial charge in [-0.1, -0.05) is 54.6 Å². The van der Waals surface area contributed by atoms with Crippen molar-refractivity contribution in [2.24, 2.45) is 0 Å². The van der Waals surface area contributed by atoms with Crippen LogP contribution in [0.15, 0.2) is 78.9 Å². The highest BCUT2D eigenvalue weighted by atomic mass is 16.1. The summed E-state index contributed by atoms with van der Waals surface area (Å²) in [6, 6.07) is 26.7. The van der Waals surface area contributed by atoms with Gasteiger partial charge in [-0.3, -0.25) is 4.79 Å². The van der Waals surface area contributed by atoms with Crippen LogP contribution in [0.2, 0.25) is 0 Å². The minimum absolute atomic E-state index is 0.0410. The lowest BCUT2D eigenvalue weighted by Crippen LogP contribution is -3.07. The number of likely N-dealkylation sites (N-methyl/N-ethyl adjacent to an activating group) is 1. The van der Waals surface area contributed by atoms with Gasteiger partial charge in [0, 0.05) is 30.9 Å². The zero-order valence-corrected chi connectivity index (χ0v) is 17.6. The number of carbonyl (C=O) groups is 1. The van der Waals surface area contributed by atoms with E-state index in [9.17, 15) is 4.79 Å². The summed E-state index contributed by atoms with van der Waals surface area (Å²) in [5, 5.41) is 3.11. The Morgan fingerprint density at radius 1 is 0.862 bits per heavy atom. The van der Waals surface area contributed by atoms with Crippen LogP contribution in [-0.4, -0.2) is 40.6 Å². The van der Waals surface area contributed by atoms with Crippen molar-refractivity contribution in [2.75, 3.05) is 39.6 Å². The molecule has 1 amide bonds. The standard InChI is InChI=1S/C25H29N3O/c1-27(2)23-16-14-21(15-17-23)24(28(3)4)18-26-25(29)22-12-10-20(11-13-22)19-8-6-5-7-9-19/h5-17,24H,18H2,1-4H3,(H,26,29)/p+1/t24-/m1/s1. The maximum atomic E-state index is 12.7. The van der Waals surface area contributed by atoms with Crippen LogP contribution in [0, 0.1) is 0 Å². The fourth-order valence-corrected chi connectivity index (χ4v) is 3.40. The predicted molar refractivity (Wildman–Crippen MR) is 121 cm³/mol. The van der Waals surface area contributed by atoms with Gasteiger partial charge in [0.25, 0.3) is 5.91 Å². The lowest BCUT2D eigenvalue weighted by Gasteiger charge is -2.23. The van der Waals surface area contributed by atoms with Crippen molar-refractivity contribution in [3.63, 3.8) is 0 Å². The molecule has 3 aromatic carbocycles. The van der Waals surface area contributed by atoms with Gasteiger partial charge in [0.2, 0.25) is 0 Å². The van der Waals surface area contributed by atoms with Crippen molar-refractivity contribution in [3.05, 3.63) is 90.0 Å². The second-order valence-corrected chi connectivity index (χ2v) is 7.77. The predicted octanol–water partition coefficient (Wildman–Crippen LogP) is 3.04. The summed E-state index contributed by atoms with van der Waals surface area (Å²) in [5.74, 6) is -0.0410. The Kier molecular flexibility index (Phi) is 6.68. The number of anilines is 1. The Morgan fingerprint density at radius 2 is 1.45 bits per heavy atom. The molecule has 0 fully saturated rings. The molecule has 150 valence electrons. The molecule has 0 radical (unpaired) electrons. The van der Waals surface area contributed by atoms with Crippen LogP contribution in [0.25, 0.3) is 11.1 Å². The highest BCUT2D eigenvalue weighted by Gasteiger charge is 2.19. The fourth-order valence-electron chi connectivity index (χ4n) is 3.40. The third kappa shape index (κ3) is 5.24. The summed E-state index contributed by atoms with van der Waals surface area (Å²) in [6.07, 6.45) is 0. The van der Waals surface area contributed by atoms with E-state index in [1.165, 1.54) is 16.2 Å². The first-order valence-electron chi connectivity index (χ1n) is 9.96. The number of nitrogens with one attached hydrogen (secondary N) is 2. The number of hydrogen-bond donors (Lipinski definition) is 2. The Morgan fingerprint density at radius 3 is 2.00 bits per heavy atom. The topological polar surface area (TPSA) is 36.8 Å². The van der Waals surface area contributed by atoms with E-state index < -0.39 is 0 Å². The maximum absolute atomic E-state index is 12.7. The maximum Gasteiger partial charge on any atom is 0.251 e. The van der Waals surface area contributed by atoms with Crippen LogP contribution < -0.4 is 15.1 Å². The Bertz CT molecular complexity index is 917. The van der Waals surface area contributed by atoms with Crippen molar-refractivity contribution in [3.8, 4) is 11.1 Å². The minimum Gasteiger partial charge on any atom is -0.378 e. The number of nitrogens with zero attached hydrogens (tertiary/aromatic N) is 1. The van der Waals surface area contributed by atoms with E-state index in [-0.39, 0.29) is 11.9 Å². The first-order valence-corrected chi connectivity index (χ1v) is 9.96. The van der Waals surface area contributed by atoms with Gasteiger partial charge in [-0.2, -0.15) is 0 Å². The molecule has 2 N–H and O–H groups in total. The third-order valence-electron chi connectivity index (χ3n) is 5.23. The van der Waals surface area contributed by atoms with E-state index in [1.54, 1.807) is 0 Å². The van der Waals surface area contributed by atoms with Crippen molar-refractivity contribution in [2.45, 2.75) is 6.04 Å². The molecular formula is C25H30N3O+. The van der Waals surface area contributed by atoms with Crippen LogP contribution in [0.3, 0.4) is 0 Å². The number of rotatable bonds is 7. The monoisotopic (exact) mass is 388 g/mol. The molecule has 29 heavy (non-hydrogen) atoms. The molecule has 0 aliphatic rings. The second kappa shape index (κ2) is 9.39. The Balaban J connectivity index is 1.66. The van der Waals surface area contributed by atoms with Gasteiger partial charge in [0.05, 0.1) is 20.6 Å². The summed E-state index contributed by atoms with van der Waals surface area (Å²) in [6.45, 7) is 0.586. The average Bonchev–Trinajstić information content (AvgIpc) is 2.74. The summed E-state index contributed by atoms with van der Waals surface area (Å²) in [5.41, 5.74) is 5.33. The minimum atomic E-state index is -0.0410. The number of amides is 1. The molecule has 3 aromatic rings. The van der Waals surface area contributed by atoms with Crippen LogP contribution >= 0.6 is 0 Å². The molecule has 0 heterocycles. The molecule has 0 saturated carbocycles. The highest BCUT2D eigenvalue weighted by Crippen LogP contribution is 2.19. The van der Waals surface area contributed by atoms with E-state index in [0.717, 1.165) is 11.1 Å². The van der Waals surface area contributed by atoms with Gasteiger partial charge in [0.1, 0.15) is 6.04 Å². The van der Waals surface area contributed by atoms with Crippen LogP contribution in [-0.2, 0) is 0 Å². The molecule has 0 aromatic heterocycles. The van der Waals surface area contributed by atoms with Crippen molar-refractivity contribution < 1.29 is 9.69 Å². The van der Waals surface area contributed by atoms with Gasteiger partial charge in [-0.05, 0) is 35.4 Å². The van der Waals surface area contributed by atoms with Gasteiger partial charge < -0.3 is 15.1 Å². The molecule has 0 unspecified atom stereocenters. The number of carbonyl (C=O) groups excluding carboxylic acids is 1. The smallest absolute Gasteiger partial charge is 0.251 e. The SMILES string of the molecule is CN(C)c1ccc([C@@H](CNC(=O)c2ccc(-c3ccccc3)cc2)[NH+](C)C)cc1. The van der Waals surface area contributed by atoms with Crippen LogP contribution in [0.4, 0.5) is 5.69 Å². The molecule has 0 bridgehead atoms. The second-order valence-electron chi connectivity index (χ2n) is 7.77. The summed E-state index contributed by atoms with van der Waals surface area (Å²) in [4.78, 5) is 16.0. The van der Waals surface area contributed by atoms with E-state index in [0.29, 0.717) is 12.1 Å². The lowest BCUT2D eigenvalue weighted by molar-refractivity contribution is -0.890. The van der Waals surface area contributed by atoms with Gasteiger partial charge in [-0.25, -0.2) is 0 Å². The zero-order chi connectivity index (χ0) is 20.8.